The molecule has 192 valence electrons. The van der Waals surface area contributed by atoms with E-state index in [0.717, 1.165) is 18.4 Å². The maximum Gasteiger partial charge on any atom is 0.339 e. The van der Waals surface area contributed by atoms with Gasteiger partial charge in [-0.1, -0.05) is 25.5 Å². The third-order valence-corrected chi connectivity index (χ3v) is 9.64. The van der Waals surface area contributed by atoms with Crippen LogP contribution in [0.3, 0.4) is 0 Å². The molecule has 0 radical (unpaired) electrons. The molecule has 1 aromatic carbocycles. The summed E-state index contributed by atoms with van der Waals surface area (Å²) in [6.07, 6.45) is 6.87. The van der Waals surface area contributed by atoms with Gasteiger partial charge in [0.25, 0.3) is 0 Å². The summed E-state index contributed by atoms with van der Waals surface area (Å²) in [6.45, 7) is 3.26. The maximum absolute atomic E-state index is 13.3. The van der Waals surface area contributed by atoms with E-state index in [4.69, 9.17) is 10.5 Å². The lowest BCUT2D eigenvalue weighted by molar-refractivity contribution is -0.196. The van der Waals surface area contributed by atoms with E-state index < -0.39 is 40.9 Å². The van der Waals surface area contributed by atoms with Gasteiger partial charge in [-0.25, -0.2) is 4.79 Å². The second kappa shape index (κ2) is 8.28. The van der Waals surface area contributed by atoms with Gasteiger partial charge < -0.3 is 25.8 Å². The van der Waals surface area contributed by atoms with E-state index >= 15 is 0 Å². The highest BCUT2D eigenvalue weighted by molar-refractivity contribution is 6.02. The van der Waals surface area contributed by atoms with Crippen molar-refractivity contribution in [3.63, 3.8) is 0 Å². The van der Waals surface area contributed by atoms with Crippen LogP contribution in [-0.4, -0.2) is 51.2 Å². The molecule has 0 amide bonds. The molecule has 8 nitrogen and oxygen atoms in total. The summed E-state index contributed by atoms with van der Waals surface area (Å²) in [7, 11) is 0. The Kier molecular flexibility index (Phi) is 5.68. The number of aliphatic hydroxyl groups is 2. The molecule has 7 atom stereocenters. The second-order valence-electron chi connectivity index (χ2n) is 11.4. The van der Waals surface area contributed by atoms with Gasteiger partial charge in [0.05, 0.1) is 11.7 Å². The Morgan fingerprint density at radius 1 is 1.22 bits per heavy atom. The number of allylic oxidation sites excluding steroid dienone is 4. The first kappa shape index (κ1) is 24.7. The average molecular weight is 496 g/mol. The number of ketones is 2. The molecule has 0 unspecified atom stereocenters. The van der Waals surface area contributed by atoms with E-state index in [2.05, 4.69) is 6.92 Å². The lowest BCUT2D eigenvalue weighted by Crippen LogP contribution is -2.61. The second-order valence-corrected chi connectivity index (χ2v) is 11.4. The Hall–Kier alpha value is -2.97. The van der Waals surface area contributed by atoms with Crippen LogP contribution in [0.5, 0.6) is 5.75 Å². The largest absolute Gasteiger partial charge is 0.507 e. The van der Waals surface area contributed by atoms with Crippen LogP contribution in [-0.2, 0) is 14.3 Å². The number of aliphatic hydroxyl groups excluding tert-OH is 1. The van der Waals surface area contributed by atoms with Crippen molar-refractivity contribution in [2.75, 3.05) is 12.3 Å². The Balaban J connectivity index is 1.36. The summed E-state index contributed by atoms with van der Waals surface area (Å²) < 4.78 is 5.31. The number of carbonyl (C=O) groups excluding carboxylic acids is 3. The normalized spacial score (nSPS) is 39.0. The number of nitrogen functional groups attached to an aromatic ring is 1. The fourth-order valence-corrected chi connectivity index (χ4v) is 7.77. The molecule has 0 aliphatic heterocycles. The van der Waals surface area contributed by atoms with Gasteiger partial charge in [0.2, 0.25) is 5.78 Å². The molecule has 8 heteroatoms. The molecule has 3 saturated carbocycles. The molecule has 0 spiro atoms. The predicted octanol–water partition coefficient (Wildman–Crippen LogP) is 2.71. The zero-order valence-electron chi connectivity index (χ0n) is 20.6. The number of ether oxygens (including phenoxy) is 1. The van der Waals surface area contributed by atoms with Crippen LogP contribution < -0.4 is 5.73 Å². The molecule has 4 aliphatic carbocycles. The Morgan fingerprint density at radius 3 is 2.72 bits per heavy atom. The lowest BCUT2D eigenvalue weighted by atomic mass is 9.46. The molecule has 36 heavy (non-hydrogen) atoms. The number of aromatic hydroxyl groups is 1. The van der Waals surface area contributed by atoms with Crippen molar-refractivity contribution >= 4 is 23.2 Å². The van der Waals surface area contributed by atoms with Gasteiger partial charge >= 0.3 is 5.97 Å². The first-order valence-corrected chi connectivity index (χ1v) is 12.5. The van der Waals surface area contributed by atoms with Crippen LogP contribution >= 0.6 is 0 Å². The molecule has 0 bridgehead atoms. The van der Waals surface area contributed by atoms with Crippen LogP contribution in [0.2, 0.25) is 0 Å². The molecular weight excluding hydrogens is 462 g/mol. The molecule has 5 rings (SSSR count). The number of fused-ring (bicyclic) bond motifs is 5. The molecular formula is C28H33NO7. The van der Waals surface area contributed by atoms with Crippen molar-refractivity contribution in [2.24, 2.45) is 28.6 Å². The summed E-state index contributed by atoms with van der Waals surface area (Å²) in [5, 5.41) is 33.1. The SMILES string of the molecule is C[C@]12C=CC(=O)C=C1CC[C@@H]1[C@@H]2[C@@H](O)C[C@@]2(C)[C@H]1CC[C@]2(O)C(=O)OCC(=O)c1cc(N)ccc1O. The molecule has 0 saturated heterocycles. The highest BCUT2D eigenvalue weighted by Crippen LogP contribution is 2.67. The molecule has 5 N–H and O–H groups in total. The maximum atomic E-state index is 13.3. The van der Waals surface area contributed by atoms with E-state index in [0.29, 0.717) is 6.42 Å². The van der Waals surface area contributed by atoms with Gasteiger partial charge in [0, 0.05) is 22.4 Å². The summed E-state index contributed by atoms with van der Waals surface area (Å²) >= 11 is 0. The minimum absolute atomic E-state index is 0.0264. The van der Waals surface area contributed by atoms with Crippen LogP contribution in [0, 0.1) is 28.6 Å². The summed E-state index contributed by atoms with van der Waals surface area (Å²) in [5.74, 6) is -1.90. The zero-order chi connectivity index (χ0) is 26.0. The van der Waals surface area contributed by atoms with Gasteiger partial charge in [0.15, 0.2) is 18.0 Å². The number of hydrogen-bond donors (Lipinski definition) is 4. The molecule has 0 heterocycles. The van der Waals surface area contributed by atoms with E-state index in [-0.39, 0.29) is 53.4 Å². The zero-order valence-corrected chi connectivity index (χ0v) is 20.6. The van der Waals surface area contributed by atoms with Crippen LogP contribution in [0.15, 0.2) is 42.0 Å². The van der Waals surface area contributed by atoms with Gasteiger partial charge in [-0.15, -0.1) is 0 Å². The number of nitrogens with two attached hydrogens (primary N) is 1. The number of phenolic OH excluding ortho intramolecular Hbond substituents is 1. The standard InChI is InChI=1S/C28H33NO7/c1-26-9-7-17(30)11-15(26)3-5-18-20-8-10-28(35,27(20,2)13-22(32)24(18)26)25(34)36-14-23(33)19-12-16(29)4-6-21(19)31/h4,6-7,9,11-12,18,20,22,24,31-32,35H,3,5,8,10,13-14,29H2,1-2H3/t18-,20-,22-,24+,26-,27-,28-/m0/s1. The lowest BCUT2D eigenvalue weighted by Gasteiger charge is -2.59. The topological polar surface area (TPSA) is 147 Å². The Bertz CT molecular complexity index is 1200. The first-order chi connectivity index (χ1) is 16.9. The number of Topliss-reactive ketones (excluding diaryl/α,β-unsaturated/α-hetero) is 1. The quantitative estimate of drug-likeness (QED) is 0.216. The highest BCUT2D eigenvalue weighted by Gasteiger charge is 2.69. The molecule has 1 aromatic rings. The summed E-state index contributed by atoms with van der Waals surface area (Å²) in [5.41, 5.74) is 3.74. The van der Waals surface area contributed by atoms with Crippen molar-refractivity contribution in [1.82, 2.24) is 0 Å². The van der Waals surface area contributed by atoms with E-state index in [1.54, 1.807) is 12.2 Å². The van der Waals surface area contributed by atoms with Gasteiger partial charge in [-0.2, -0.15) is 0 Å². The van der Waals surface area contributed by atoms with E-state index in [1.807, 2.05) is 13.0 Å². The minimum atomic E-state index is -1.85. The number of benzene rings is 1. The number of hydrogen-bond acceptors (Lipinski definition) is 8. The number of phenols is 1. The van der Waals surface area contributed by atoms with E-state index in [9.17, 15) is 29.7 Å². The smallest absolute Gasteiger partial charge is 0.339 e. The molecule has 0 aromatic heterocycles. The van der Waals surface area contributed by atoms with Crippen LogP contribution in [0.1, 0.15) is 56.3 Å². The van der Waals surface area contributed by atoms with Gasteiger partial charge in [0.1, 0.15) is 5.75 Å². The van der Waals surface area contributed by atoms with E-state index in [1.165, 1.54) is 18.2 Å². The van der Waals surface area contributed by atoms with Crippen molar-refractivity contribution in [1.29, 1.82) is 0 Å². The van der Waals surface area contributed by atoms with Crippen LogP contribution in [0.4, 0.5) is 5.69 Å². The van der Waals surface area contributed by atoms with Crippen molar-refractivity contribution in [2.45, 2.75) is 57.7 Å². The third kappa shape index (κ3) is 3.45. The first-order valence-electron chi connectivity index (χ1n) is 12.5. The monoisotopic (exact) mass is 495 g/mol. The fourth-order valence-electron chi connectivity index (χ4n) is 7.77. The van der Waals surface area contributed by atoms with Crippen LogP contribution in [0.25, 0.3) is 0 Å². The fraction of sp³-hybridized carbons (Fsp3) is 0.536. The molecule has 4 aliphatic rings. The van der Waals surface area contributed by atoms with Crippen molar-refractivity contribution in [3.05, 3.63) is 47.6 Å². The Labute approximate surface area is 209 Å². The number of anilines is 1. The van der Waals surface area contributed by atoms with Gasteiger partial charge in [-0.3, -0.25) is 9.59 Å². The van der Waals surface area contributed by atoms with Gasteiger partial charge in [-0.05, 0) is 74.3 Å². The van der Waals surface area contributed by atoms with Crippen molar-refractivity contribution in [3.8, 4) is 5.75 Å². The highest BCUT2D eigenvalue weighted by atomic mass is 16.6. The summed E-state index contributed by atoms with van der Waals surface area (Å²) in [4.78, 5) is 37.8. The average Bonchev–Trinajstić information content (AvgIpc) is 3.10. The minimum Gasteiger partial charge on any atom is -0.507 e. The Morgan fingerprint density at radius 2 is 1.97 bits per heavy atom. The van der Waals surface area contributed by atoms with Crippen molar-refractivity contribution < 1.29 is 34.4 Å². The number of carbonyl (C=O) groups is 3. The summed E-state index contributed by atoms with van der Waals surface area (Å²) in [6, 6.07) is 4.06. The molecule has 3 fully saturated rings. The predicted molar refractivity (Wildman–Crippen MR) is 131 cm³/mol. The third-order valence-electron chi connectivity index (χ3n) is 9.64. The number of rotatable bonds is 4. The number of esters is 1.